The van der Waals surface area contributed by atoms with Gasteiger partial charge in [-0.3, -0.25) is 9.32 Å². The van der Waals surface area contributed by atoms with E-state index in [1.54, 1.807) is 30.3 Å². The molecule has 224 valence electrons. The average molecular weight is 602 g/mol. The molecule has 1 aromatic carbocycles. The summed E-state index contributed by atoms with van der Waals surface area (Å²) in [7, 11) is -2.70. The van der Waals surface area contributed by atoms with Gasteiger partial charge in [0.25, 0.3) is 0 Å². The van der Waals surface area contributed by atoms with Gasteiger partial charge in [0.05, 0.1) is 5.69 Å². The second-order valence-electron chi connectivity index (χ2n) is 10.4. The van der Waals surface area contributed by atoms with Crippen LogP contribution in [-0.2, 0) is 18.6 Å². The van der Waals surface area contributed by atoms with Gasteiger partial charge in [-0.25, -0.2) is 14.1 Å². The molecule has 0 bridgehead atoms. The lowest BCUT2D eigenvalue weighted by molar-refractivity contribution is -0.142. The van der Waals surface area contributed by atoms with Crippen molar-refractivity contribution in [3.05, 3.63) is 54.5 Å². The maximum absolute atomic E-state index is 14.7. The number of nitrogens with zero attached hydrogens (tertiary/aromatic N) is 6. The van der Waals surface area contributed by atoms with Crippen LogP contribution in [0, 0.1) is 11.3 Å². The molecule has 4 heterocycles. The number of aliphatic carboxylic acids is 1. The van der Waals surface area contributed by atoms with Gasteiger partial charge in [0.1, 0.15) is 54.6 Å². The van der Waals surface area contributed by atoms with Crippen molar-refractivity contribution in [2.24, 2.45) is 0 Å². The summed E-state index contributed by atoms with van der Waals surface area (Å²) < 4.78 is 35.0. The molecule has 3 aromatic rings. The van der Waals surface area contributed by atoms with Crippen molar-refractivity contribution in [3.8, 4) is 11.8 Å². The number of benzene rings is 1. The van der Waals surface area contributed by atoms with E-state index < -0.39 is 56.3 Å². The zero-order chi connectivity index (χ0) is 30.2. The van der Waals surface area contributed by atoms with E-state index in [-0.39, 0.29) is 17.3 Å². The number of likely N-dealkylation sites (N-methyl/N-ethyl adjacent to an activating group) is 1. The zero-order valence-corrected chi connectivity index (χ0v) is 23.8. The Morgan fingerprint density at radius 1 is 1.33 bits per heavy atom. The van der Waals surface area contributed by atoms with Crippen molar-refractivity contribution in [3.63, 3.8) is 0 Å². The standard InChI is InChI=1S/C26H32N7O8P/c1-16(25(36)37)33(17-10-11-31(2)12-17)42(38,41-18-6-4-3-5-7-18)39-14-26(13-27)23(35)21(34)22(40-26)19-8-9-20-24(28)29-15-30-32(19)20/h3-9,15-17,21-23,34-35H,10-12,14H2,1-2H3,(H,36,37)(H2,28,29,30)/t16-,17?,21-,22-,23-,26+,42?/m0/s1. The Hall–Kier alpha value is -3.61. The predicted octanol–water partition coefficient (Wildman–Crippen LogP) is 1.05. The lowest BCUT2D eigenvalue weighted by Crippen LogP contribution is -2.49. The monoisotopic (exact) mass is 601 g/mol. The highest BCUT2D eigenvalue weighted by Gasteiger charge is 2.58. The van der Waals surface area contributed by atoms with E-state index >= 15 is 0 Å². The Balaban J connectivity index is 1.49. The number of nitrogen functional groups attached to an aromatic ring is 1. The second-order valence-corrected chi connectivity index (χ2v) is 12.3. The van der Waals surface area contributed by atoms with Crippen LogP contribution in [0.1, 0.15) is 25.1 Å². The number of aliphatic hydroxyl groups excluding tert-OH is 2. The molecule has 0 radical (unpaired) electrons. The van der Waals surface area contributed by atoms with Crippen LogP contribution in [0.25, 0.3) is 5.52 Å². The number of hydrogen-bond donors (Lipinski definition) is 4. The highest BCUT2D eigenvalue weighted by atomic mass is 31.2. The Labute approximate surface area is 241 Å². The number of hydrogen-bond acceptors (Lipinski definition) is 12. The van der Waals surface area contributed by atoms with Crippen LogP contribution >= 0.6 is 7.75 Å². The lowest BCUT2D eigenvalue weighted by Gasteiger charge is -2.37. The van der Waals surface area contributed by atoms with Crippen LogP contribution < -0.4 is 10.3 Å². The molecule has 5 N–H and O–H groups in total. The number of rotatable bonds is 10. The van der Waals surface area contributed by atoms with Crippen molar-refractivity contribution < 1.29 is 38.5 Å². The third-order valence-electron chi connectivity index (χ3n) is 7.62. The summed E-state index contributed by atoms with van der Waals surface area (Å²) in [6, 6.07) is 11.3. The highest BCUT2D eigenvalue weighted by molar-refractivity contribution is 7.51. The fraction of sp³-hybridized carbons (Fsp3) is 0.462. The molecule has 2 unspecified atom stereocenters. The van der Waals surface area contributed by atoms with Gasteiger partial charge in [-0.1, -0.05) is 18.2 Å². The summed E-state index contributed by atoms with van der Waals surface area (Å²) in [5.41, 5.74) is 4.40. The third-order valence-corrected chi connectivity index (χ3v) is 9.76. The first-order valence-electron chi connectivity index (χ1n) is 13.2. The number of carboxylic acid groups (broad SMARTS) is 1. The quantitative estimate of drug-likeness (QED) is 0.240. The summed E-state index contributed by atoms with van der Waals surface area (Å²) in [4.78, 5) is 18.1. The van der Waals surface area contributed by atoms with E-state index in [0.29, 0.717) is 25.0 Å². The van der Waals surface area contributed by atoms with Crippen molar-refractivity contribution >= 4 is 25.1 Å². The van der Waals surface area contributed by atoms with Gasteiger partial charge in [-0.2, -0.15) is 15.0 Å². The lowest BCUT2D eigenvalue weighted by atomic mass is 9.96. The van der Waals surface area contributed by atoms with E-state index in [0.717, 1.165) is 0 Å². The third kappa shape index (κ3) is 5.34. The molecule has 15 nitrogen and oxygen atoms in total. The number of carboxylic acids is 1. The van der Waals surface area contributed by atoms with E-state index in [1.807, 2.05) is 18.0 Å². The van der Waals surface area contributed by atoms with Gasteiger partial charge in [-0.05, 0) is 51.2 Å². The molecule has 7 atom stereocenters. The van der Waals surface area contributed by atoms with Gasteiger partial charge < -0.3 is 35.2 Å². The first kappa shape index (κ1) is 29.9. The van der Waals surface area contributed by atoms with Crippen molar-refractivity contribution in [2.75, 3.05) is 32.5 Å². The van der Waals surface area contributed by atoms with Crippen LogP contribution in [0.15, 0.2) is 48.8 Å². The number of ether oxygens (including phenoxy) is 1. The number of anilines is 1. The first-order valence-corrected chi connectivity index (χ1v) is 14.7. The Kier molecular flexibility index (Phi) is 8.23. The molecule has 2 fully saturated rings. The fourth-order valence-electron chi connectivity index (χ4n) is 5.38. The average Bonchev–Trinajstić information content (AvgIpc) is 3.66. The van der Waals surface area contributed by atoms with Crippen molar-refractivity contribution in [2.45, 2.75) is 49.3 Å². The normalized spacial score (nSPS) is 28.5. The number of likely N-dealkylation sites (tertiary alicyclic amines) is 1. The molecule has 0 amide bonds. The zero-order valence-electron chi connectivity index (χ0n) is 22.9. The van der Waals surface area contributed by atoms with Gasteiger partial charge >= 0.3 is 13.7 Å². The van der Waals surface area contributed by atoms with Crippen LogP contribution in [0.2, 0.25) is 0 Å². The van der Waals surface area contributed by atoms with Crippen LogP contribution in [0.4, 0.5) is 5.82 Å². The Bertz CT molecular complexity index is 1530. The summed E-state index contributed by atoms with van der Waals surface area (Å²) in [5, 5.41) is 46.4. The highest BCUT2D eigenvalue weighted by Crippen LogP contribution is 2.56. The van der Waals surface area contributed by atoms with E-state index in [4.69, 9.17) is 19.5 Å². The minimum absolute atomic E-state index is 0.142. The molecule has 0 saturated carbocycles. The van der Waals surface area contributed by atoms with Crippen LogP contribution in [0.3, 0.4) is 0 Å². The van der Waals surface area contributed by atoms with Gasteiger partial charge in [0.2, 0.25) is 5.60 Å². The summed E-state index contributed by atoms with van der Waals surface area (Å²) in [6.45, 7) is 1.56. The minimum Gasteiger partial charge on any atom is -0.480 e. The second kappa shape index (κ2) is 11.6. The largest absolute Gasteiger partial charge is 0.480 e. The molecule has 2 aliphatic heterocycles. The summed E-state index contributed by atoms with van der Waals surface area (Å²) >= 11 is 0. The smallest absolute Gasteiger partial charge is 0.462 e. The van der Waals surface area contributed by atoms with Crippen molar-refractivity contribution in [1.29, 1.82) is 5.26 Å². The number of aromatic nitrogens is 3. The SMILES string of the molecule is C[C@@H](C(=O)O)N(C1CCN(C)C1)P(=O)(OC[C@@]1(C#N)O[C@@H](c2ccc3c(N)ncnn23)[C@H](O)[C@@H]1O)Oc1ccccc1. The summed E-state index contributed by atoms with van der Waals surface area (Å²) in [6.07, 6.45) is -3.00. The molecule has 5 rings (SSSR count). The number of nitriles is 1. The topological polar surface area (TPSA) is 209 Å². The Morgan fingerprint density at radius 2 is 2.07 bits per heavy atom. The number of carbonyl (C=O) groups is 1. The van der Waals surface area contributed by atoms with E-state index in [2.05, 4.69) is 10.1 Å². The Morgan fingerprint density at radius 3 is 2.71 bits per heavy atom. The fourth-order valence-corrected chi connectivity index (χ4v) is 7.51. The molecule has 2 aromatic heterocycles. The molecule has 2 saturated heterocycles. The van der Waals surface area contributed by atoms with Crippen LogP contribution in [0.5, 0.6) is 5.75 Å². The van der Waals surface area contributed by atoms with E-state index in [9.17, 15) is 29.9 Å². The van der Waals surface area contributed by atoms with Gasteiger partial charge in [-0.15, -0.1) is 0 Å². The molecule has 2 aliphatic rings. The predicted molar refractivity (Wildman–Crippen MR) is 147 cm³/mol. The molecule has 16 heteroatoms. The summed E-state index contributed by atoms with van der Waals surface area (Å²) in [5.74, 6) is -0.944. The maximum atomic E-state index is 14.7. The minimum atomic E-state index is -4.56. The molecule has 0 aliphatic carbocycles. The molecule has 0 spiro atoms. The molecular weight excluding hydrogens is 569 g/mol. The first-order chi connectivity index (χ1) is 20.0. The number of nitrogens with two attached hydrogens (primary N) is 1. The molecular formula is C26H32N7O8P. The van der Waals surface area contributed by atoms with E-state index in [1.165, 1.54) is 34.6 Å². The number of aliphatic hydroxyl groups is 2. The van der Waals surface area contributed by atoms with Gasteiger partial charge in [0, 0.05) is 12.6 Å². The number of para-hydroxylation sites is 1. The molecule has 42 heavy (non-hydrogen) atoms. The maximum Gasteiger partial charge on any atom is 0.462 e. The van der Waals surface area contributed by atoms with Gasteiger partial charge in [0.15, 0.2) is 5.82 Å². The van der Waals surface area contributed by atoms with Crippen LogP contribution in [-0.4, -0.2) is 102 Å². The van der Waals surface area contributed by atoms with Crippen molar-refractivity contribution in [1.82, 2.24) is 24.2 Å². The number of fused-ring (bicyclic) bond motifs is 1.